The second kappa shape index (κ2) is 9.11. The summed E-state index contributed by atoms with van der Waals surface area (Å²) in [6.45, 7) is -0.0339. The molecule has 1 heterocycles. The van der Waals surface area contributed by atoms with Gasteiger partial charge in [-0.15, -0.1) is 0 Å². The molecular weight excluding hydrogens is 411 g/mol. The zero-order chi connectivity index (χ0) is 22.5. The molecule has 3 rings (SSSR count). The number of nitrogens with one attached hydrogen (secondary N) is 2. The summed E-state index contributed by atoms with van der Waals surface area (Å²) < 4.78 is 28.5. The molecule has 31 heavy (non-hydrogen) atoms. The monoisotopic (exact) mass is 430 g/mol. The summed E-state index contributed by atoms with van der Waals surface area (Å²) in [7, 11) is 3.87. The molecule has 0 aliphatic carbocycles. The highest BCUT2D eigenvalue weighted by Gasteiger charge is 2.32. The first kappa shape index (κ1) is 21.6. The van der Waals surface area contributed by atoms with Gasteiger partial charge in [-0.1, -0.05) is 0 Å². The summed E-state index contributed by atoms with van der Waals surface area (Å²) in [5.41, 5.74) is 0.531. The van der Waals surface area contributed by atoms with Crippen LogP contribution in [0.2, 0.25) is 0 Å². The van der Waals surface area contributed by atoms with Crippen molar-refractivity contribution in [3.05, 3.63) is 63.8 Å². The molecule has 0 aliphatic rings. The lowest BCUT2D eigenvalue weighted by Gasteiger charge is -2.14. The molecule has 3 aromatic rings. The summed E-state index contributed by atoms with van der Waals surface area (Å²) in [4.78, 5) is 30.8. The first-order valence-electron chi connectivity index (χ1n) is 8.95. The van der Waals surface area contributed by atoms with Crippen LogP contribution < -0.4 is 19.5 Å². The van der Waals surface area contributed by atoms with Gasteiger partial charge in [-0.25, -0.2) is 9.37 Å². The topological polar surface area (TPSA) is 129 Å². The number of amides is 1. The lowest BCUT2D eigenvalue weighted by molar-refractivity contribution is -0.386. The van der Waals surface area contributed by atoms with Crippen LogP contribution in [0.3, 0.4) is 0 Å². The van der Waals surface area contributed by atoms with Crippen LogP contribution in [-0.2, 0) is 6.54 Å². The van der Waals surface area contributed by atoms with Crippen molar-refractivity contribution >= 4 is 11.6 Å². The number of hydrogen-bond donors (Lipinski definition) is 2. The van der Waals surface area contributed by atoms with Gasteiger partial charge in [0.05, 0.1) is 44.7 Å². The quantitative estimate of drug-likeness (QED) is 0.415. The number of imidazole rings is 1. The number of aromatic nitrogens is 2. The third kappa shape index (κ3) is 4.39. The highest BCUT2D eigenvalue weighted by Crippen LogP contribution is 2.46. The van der Waals surface area contributed by atoms with Crippen LogP contribution in [0.5, 0.6) is 17.2 Å². The zero-order valence-corrected chi connectivity index (χ0v) is 16.9. The predicted octanol–water partition coefficient (Wildman–Crippen LogP) is 3.08. The number of carbonyl (C=O) groups excluding carboxylic acids is 1. The molecule has 0 saturated carbocycles. The lowest BCUT2D eigenvalue weighted by atomic mass is 10.1. The molecule has 0 spiro atoms. The molecule has 1 aromatic heterocycles. The maximum absolute atomic E-state index is 13.1. The predicted molar refractivity (Wildman–Crippen MR) is 108 cm³/mol. The summed E-state index contributed by atoms with van der Waals surface area (Å²) >= 11 is 0. The number of rotatable bonds is 8. The first-order chi connectivity index (χ1) is 14.9. The van der Waals surface area contributed by atoms with Crippen molar-refractivity contribution in [2.45, 2.75) is 6.54 Å². The molecular formula is C20H19FN4O6. The van der Waals surface area contributed by atoms with E-state index in [2.05, 4.69) is 15.3 Å². The van der Waals surface area contributed by atoms with E-state index in [1.165, 1.54) is 45.7 Å². The molecule has 2 aromatic carbocycles. The Balaban J connectivity index is 1.85. The molecule has 10 nitrogen and oxygen atoms in total. The van der Waals surface area contributed by atoms with Crippen molar-refractivity contribution in [2.75, 3.05) is 21.3 Å². The molecule has 0 atom stereocenters. The van der Waals surface area contributed by atoms with Crippen LogP contribution >= 0.6 is 0 Å². The largest absolute Gasteiger partial charge is 0.493 e. The van der Waals surface area contributed by atoms with Crippen molar-refractivity contribution in [3.63, 3.8) is 0 Å². The Morgan fingerprint density at radius 2 is 1.84 bits per heavy atom. The number of hydrogen-bond acceptors (Lipinski definition) is 7. The summed E-state index contributed by atoms with van der Waals surface area (Å²) in [5, 5.41) is 14.2. The van der Waals surface area contributed by atoms with E-state index in [9.17, 15) is 19.3 Å². The van der Waals surface area contributed by atoms with Gasteiger partial charge in [0, 0.05) is 6.07 Å². The maximum Gasteiger partial charge on any atom is 0.327 e. The van der Waals surface area contributed by atoms with Crippen molar-refractivity contribution in [1.82, 2.24) is 15.3 Å². The molecule has 0 saturated heterocycles. The SMILES string of the molecule is COc1cc(C(=O)NCc2ncc(-c3ccc(F)cc3)[nH]2)c([N+](=O)[O-])c(OC)c1OC. The summed E-state index contributed by atoms with van der Waals surface area (Å²) in [5.74, 6) is -0.806. The number of ether oxygens (including phenoxy) is 3. The first-order valence-corrected chi connectivity index (χ1v) is 8.95. The number of carbonyl (C=O) groups is 1. The molecule has 0 bridgehead atoms. The van der Waals surface area contributed by atoms with Gasteiger partial charge in [0.2, 0.25) is 11.5 Å². The second-order valence-electron chi connectivity index (χ2n) is 6.23. The molecule has 11 heteroatoms. The molecule has 1 amide bonds. The zero-order valence-electron chi connectivity index (χ0n) is 16.9. The Morgan fingerprint density at radius 3 is 2.42 bits per heavy atom. The van der Waals surface area contributed by atoms with Gasteiger partial charge >= 0.3 is 5.69 Å². The minimum Gasteiger partial charge on any atom is -0.493 e. The van der Waals surface area contributed by atoms with Gasteiger partial charge in [-0.2, -0.15) is 0 Å². The molecule has 0 radical (unpaired) electrons. The fourth-order valence-electron chi connectivity index (χ4n) is 2.98. The Hall–Kier alpha value is -4.15. The smallest absolute Gasteiger partial charge is 0.327 e. The van der Waals surface area contributed by atoms with E-state index >= 15 is 0 Å². The number of methoxy groups -OCH3 is 3. The van der Waals surface area contributed by atoms with Gasteiger partial charge in [0.25, 0.3) is 5.91 Å². The number of nitro benzene ring substituents is 1. The van der Waals surface area contributed by atoms with E-state index in [1.54, 1.807) is 12.1 Å². The van der Waals surface area contributed by atoms with E-state index in [4.69, 9.17) is 14.2 Å². The maximum atomic E-state index is 13.1. The Morgan fingerprint density at radius 1 is 1.16 bits per heavy atom. The summed E-state index contributed by atoms with van der Waals surface area (Å²) in [6, 6.07) is 7.03. The Bertz CT molecular complexity index is 1110. The fourth-order valence-corrected chi connectivity index (χ4v) is 2.98. The van der Waals surface area contributed by atoms with Crippen LogP contribution in [-0.4, -0.2) is 42.1 Å². The van der Waals surface area contributed by atoms with Crippen LogP contribution in [0.4, 0.5) is 10.1 Å². The molecule has 0 fully saturated rings. The van der Waals surface area contributed by atoms with E-state index in [0.29, 0.717) is 17.1 Å². The molecule has 2 N–H and O–H groups in total. The van der Waals surface area contributed by atoms with Gasteiger partial charge in [-0.05, 0) is 29.8 Å². The standard InChI is InChI=1S/C20H19FN4O6/c1-29-15-8-13(17(25(27)28)19(31-3)18(15)30-2)20(26)23-10-16-22-9-14(24-16)11-4-6-12(21)7-5-11/h4-9H,10H2,1-3H3,(H,22,24)(H,23,26). The van der Waals surface area contributed by atoms with E-state index in [0.717, 1.165) is 0 Å². The number of benzene rings is 2. The third-order valence-corrected chi connectivity index (χ3v) is 4.43. The van der Waals surface area contributed by atoms with Crippen molar-refractivity contribution in [2.24, 2.45) is 0 Å². The van der Waals surface area contributed by atoms with Gasteiger partial charge in [0.15, 0.2) is 5.75 Å². The highest BCUT2D eigenvalue weighted by atomic mass is 19.1. The number of aromatic amines is 1. The van der Waals surface area contributed by atoms with Crippen LogP contribution in [0.25, 0.3) is 11.3 Å². The highest BCUT2D eigenvalue weighted by molar-refractivity contribution is 6.00. The average Bonchev–Trinajstić information content (AvgIpc) is 3.25. The van der Waals surface area contributed by atoms with Crippen LogP contribution in [0, 0.1) is 15.9 Å². The molecule has 0 aliphatic heterocycles. The van der Waals surface area contributed by atoms with Crippen LogP contribution in [0.1, 0.15) is 16.2 Å². The molecule has 162 valence electrons. The Labute approximate surface area is 176 Å². The lowest BCUT2D eigenvalue weighted by Crippen LogP contribution is -2.24. The minimum atomic E-state index is -0.731. The van der Waals surface area contributed by atoms with Crippen molar-refractivity contribution < 1.29 is 28.3 Å². The van der Waals surface area contributed by atoms with Gasteiger partial charge < -0.3 is 24.5 Å². The van der Waals surface area contributed by atoms with Crippen molar-refractivity contribution in [1.29, 1.82) is 0 Å². The van der Waals surface area contributed by atoms with Crippen molar-refractivity contribution in [3.8, 4) is 28.5 Å². The summed E-state index contributed by atoms with van der Waals surface area (Å²) in [6.07, 6.45) is 1.54. The van der Waals surface area contributed by atoms with E-state index in [1.807, 2.05) is 0 Å². The fraction of sp³-hybridized carbons (Fsp3) is 0.200. The normalized spacial score (nSPS) is 10.5. The third-order valence-electron chi connectivity index (χ3n) is 4.43. The Kier molecular flexibility index (Phi) is 6.34. The van der Waals surface area contributed by atoms with Gasteiger partial charge in [0.1, 0.15) is 17.2 Å². The molecule has 0 unspecified atom stereocenters. The minimum absolute atomic E-state index is 0.00299. The second-order valence-corrected chi connectivity index (χ2v) is 6.23. The average molecular weight is 430 g/mol. The van der Waals surface area contributed by atoms with E-state index < -0.39 is 16.5 Å². The van der Waals surface area contributed by atoms with Crippen LogP contribution in [0.15, 0.2) is 36.5 Å². The van der Waals surface area contributed by atoms with E-state index in [-0.39, 0.29) is 35.2 Å². The van der Waals surface area contributed by atoms with Gasteiger partial charge in [-0.3, -0.25) is 14.9 Å². The number of H-pyrrole nitrogens is 1. The number of nitro groups is 1. The number of nitrogens with zero attached hydrogens (tertiary/aromatic N) is 2. The number of halogens is 1.